The molecule has 0 amide bonds. The van der Waals surface area contributed by atoms with E-state index in [0.29, 0.717) is 0 Å². The molecule has 0 spiro atoms. The van der Waals surface area contributed by atoms with E-state index in [1.807, 2.05) is 0 Å². The zero-order valence-electron chi connectivity index (χ0n) is 11.2. The van der Waals surface area contributed by atoms with Crippen LogP contribution in [0.25, 0.3) is 0 Å². The van der Waals surface area contributed by atoms with Crippen LogP contribution in [0, 0.1) is 11.8 Å². The molecule has 0 bridgehead atoms. The molecule has 16 heavy (non-hydrogen) atoms. The highest BCUT2D eigenvalue weighted by Gasteiger charge is 2.34. The number of rotatable bonds is 5. The van der Waals surface area contributed by atoms with Crippen molar-refractivity contribution >= 4 is 0 Å². The molecule has 3 unspecified atom stereocenters. The lowest BCUT2D eigenvalue weighted by molar-refractivity contribution is 0.0808. The summed E-state index contributed by atoms with van der Waals surface area (Å²) in [5, 5.41) is 3.71. The summed E-state index contributed by atoms with van der Waals surface area (Å²) in [7, 11) is 0. The van der Waals surface area contributed by atoms with Gasteiger partial charge in [0, 0.05) is 18.6 Å². The van der Waals surface area contributed by atoms with Crippen LogP contribution < -0.4 is 5.32 Å². The summed E-state index contributed by atoms with van der Waals surface area (Å²) in [6, 6.07) is 1.52. The van der Waals surface area contributed by atoms with Crippen molar-refractivity contribution in [2.75, 3.05) is 19.6 Å². The number of hydrogen-bond acceptors (Lipinski definition) is 2. The first kappa shape index (κ1) is 12.4. The fraction of sp³-hybridized carbons (Fsp3) is 1.00. The van der Waals surface area contributed by atoms with Gasteiger partial charge in [0.05, 0.1) is 0 Å². The summed E-state index contributed by atoms with van der Waals surface area (Å²) in [6.07, 6.45) is 5.56. The van der Waals surface area contributed by atoms with Gasteiger partial charge in [-0.25, -0.2) is 0 Å². The van der Waals surface area contributed by atoms with Crippen LogP contribution in [0.3, 0.4) is 0 Å². The van der Waals surface area contributed by atoms with Gasteiger partial charge in [-0.15, -0.1) is 0 Å². The molecule has 0 aromatic heterocycles. The number of nitrogens with zero attached hydrogens (tertiary/aromatic N) is 1. The lowest BCUT2D eigenvalue weighted by Gasteiger charge is -2.43. The van der Waals surface area contributed by atoms with Crippen LogP contribution in [0.2, 0.25) is 0 Å². The van der Waals surface area contributed by atoms with Crippen LogP contribution in [0.4, 0.5) is 0 Å². The molecule has 1 aliphatic heterocycles. The van der Waals surface area contributed by atoms with Gasteiger partial charge in [0.25, 0.3) is 0 Å². The zero-order chi connectivity index (χ0) is 11.5. The number of hydrogen-bond donors (Lipinski definition) is 1. The largest absolute Gasteiger partial charge is 0.314 e. The minimum atomic E-state index is 0.755. The molecule has 1 saturated heterocycles. The first-order valence-electron chi connectivity index (χ1n) is 7.19. The molecule has 0 radical (unpaired) electrons. The average molecular weight is 224 g/mol. The Morgan fingerprint density at radius 3 is 2.56 bits per heavy atom. The molecule has 1 saturated carbocycles. The highest BCUT2D eigenvalue weighted by molar-refractivity contribution is 4.90. The number of likely N-dealkylation sites (tertiary alicyclic amines) is 1. The van der Waals surface area contributed by atoms with Crippen molar-refractivity contribution < 1.29 is 0 Å². The molecule has 2 rings (SSSR count). The molecule has 2 aliphatic rings. The van der Waals surface area contributed by atoms with E-state index in [1.165, 1.54) is 45.3 Å². The molecule has 2 fully saturated rings. The molecular weight excluding hydrogens is 196 g/mol. The molecule has 3 atom stereocenters. The minimum absolute atomic E-state index is 0.755. The van der Waals surface area contributed by atoms with Crippen molar-refractivity contribution in [3.63, 3.8) is 0 Å². The standard InChI is InChI=1S/C14H28N2/c1-4-8-15-14-7-9-16(10-13-5-6-13)12(3)11(14)2/h11-15H,4-10H2,1-3H3. The van der Waals surface area contributed by atoms with Gasteiger partial charge in [0.2, 0.25) is 0 Å². The number of piperidine rings is 1. The second-order valence-corrected chi connectivity index (χ2v) is 5.89. The van der Waals surface area contributed by atoms with E-state index >= 15 is 0 Å². The second-order valence-electron chi connectivity index (χ2n) is 5.89. The third-order valence-electron chi connectivity index (χ3n) is 4.55. The van der Waals surface area contributed by atoms with Crippen LogP contribution in [0.1, 0.15) is 46.5 Å². The highest BCUT2D eigenvalue weighted by Crippen LogP contribution is 2.33. The Labute approximate surface area is 101 Å². The van der Waals surface area contributed by atoms with Gasteiger partial charge >= 0.3 is 0 Å². The molecule has 94 valence electrons. The van der Waals surface area contributed by atoms with Gasteiger partial charge in [0.15, 0.2) is 0 Å². The Morgan fingerprint density at radius 1 is 1.19 bits per heavy atom. The fourth-order valence-corrected chi connectivity index (χ4v) is 2.95. The first-order valence-corrected chi connectivity index (χ1v) is 7.19. The summed E-state index contributed by atoms with van der Waals surface area (Å²) in [5.41, 5.74) is 0. The highest BCUT2D eigenvalue weighted by atomic mass is 15.2. The first-order chi connectivity index (χ1) is 7.72. The van der Waals surface area contributed by atoms with E-state index in [2.05, 4.69) is 31.0 Å². The van der Waals surface area contributed by atoms with Gasteiger partial charge in [-0.05, 0) is 57.5 Å². The molecule has 1 aliphatic carbocycles. The van der Waals surface area contributed by atoms with Crippen molar-refractivity contribution in [3.05, 3.63) is 0 Å². The van der Waals surface area contributed by atoms with E-state index in [-0.39, 0.29) is 0 Å². The predicted octanol–water partition coefficient (Wildman–Crippen LogP) is 2.49. The third-order valence-corrected chi connectivity index (χ3v) is 4.55. The van der Waals surface area contributed by atoms with E-state index < -0.39 is 0 Å². The van der Waals surface area contributed by atoms with Gasteiger partial charge in [0.1, 0.15) is 0 Å². The fourth-order valence-electron chi connectivity index (χ4n) is 2.95. The Hall–Kier alpha value is -0.0800. The summed E-state index contributed by atoms with van der Waals surface area (Å²) in [4.78, 5) is 2.73. The molecule has 1 N–H and O–H groups in total. The molecule has 0 aromatic rings. The smallest absolute Gasteiger partial charge is 0.0120 e. The van der Waals surface area contributed by atoms with Crippen LogP contribution in [0.15, 0.2) is 0 Å². The summed E-state index contributed by atoms with van der Waals surface area (Å²) in [6.45, 7) is 11.0. The Morgan fingerprint density at radius 2 is 1.94 bits per heavy atom. The Kier molecular flexibility index (Phi) is 4.26. The van der Waals surface area contributed by atoms with Crippen LogP contribution in [-0.2, 0) is 0 Å². The van der Waals surface area contributed by atoms with Gasteiger partial charge in [-0.3, -0.25) is 0 Å². The van der Waals surface area contributed by atoms with Gasteiger partial charge < -0.3 is 10.2 Å². The van der Waals surface area contributed by atoms with Crippen molar-refractivity contribution in [2.45, 2.75) is 58.5 Å². The minimum Gasteiger partial charge on any atom is -0.314 e. The Balaban J connectivity index is 1.80. The third kappa shape index (κ3) is 2.98. The lowest BCUT2D eigenvalue weighted by atomic mass is 9.86. The average Bonchev–Trinajstić information content (AvgIpc) is 3.08. The van der Waals surface area contributed by atoms with Crippen molar-refractivity contribution in [2.24, 2.45) is 11.8 Å². The van der Waals surface area contributed by atoms with Crippen LogP contribution in [0.5, 0.6) is 0 Å². The molecular formula is C14H28N2. The van der Waals surface area contributed by atoms with E-state index in [4.69, 9.17) is 0 Å². The normalized spacial score (nSPS) is 36.6. The van der Waals surface area contributed by atoms with Crippen LogP contribution >= 0.6 is 0 Å². The van der Waals surface area contributed by atoms with Gasteiger partial charge in [-0.2, -0.15) is 0 Å². The quantitative estimate of drug-likeness (QED) is 0.772. The summed E-state index contributed by atoms with van der Waals surface area (Å²) in [5.74, 6) is 1.84. The molecule has 1 heterocycles. The predicted molar refractivity (Wildman–Crippen MR) is 69.6 cm³/mol. The van der Waals surface area contributed by atoms with Crippen LogP contribution in [-0.4, -0.2) is 36.6 Å². The van der Waals surface area contributed by atoms with Crippen molar-refractivity contribution in [3.8, 4) is 0 Å². The maximum Gasteiger partial charge on any atom is 0.0120 e. The van der Waals surface area contributed by atoms with E-state index in [9.17, 15) is 0 Å². The molecule has 2 heteroatoms. The van der Waals surface area contributed by atoms with Gasteiger partial charge in [-0.1, -0.05) is 13.8 Å². The summed E-state index contributed by atoms with van der Waals surface area (Å²) >= 11 is 0. The molecule has 2 nitrogen and oxygen atoms in total. The SMILES string of the molecule is CCCNC1CCN(CC2CC2)C(C)C1C. The lowest BCUT2D eigenvalue weighted by Crippen LogP contribution is -2.53. The monoisotopic (exact) mass is 224 g/mol. The van der Waals surface area contributed by atoms with Crippen molar-refractivity contribution in [1.82, 2.24) is 10.2 Å². The van der Waals surface area contributed by atoms with E-state index in [1.54, 1.807) is 0 Å². The van der Waals surface area contributed by atoms with E-state index in [0.717, 1.165) is 23.9 Å². The second kappa shape index (κ2) is 5.50. The molecule has 0 aromatic carbocycles. The van der Waals surface area contributed by atoms with Crippen molar-refractivity contribution in [1.29, 1.82) is 0 Å². The topological polar surface area (TPSA) is 15.3 Å². The maximum absolute atomic E-state index is 3.71. The zero-order valence-corrected chi connectivity index (χ0v) is 11.2. The maximum atomic E-state index is 3.71. The summed E-state index contributed by atoms with van der Waals surface area (Å²) < 4.78 is 0. The Bertz CT molecular complexity index is 213. The number of nitrogens with one attached hydrogen (secondary N) is 1.